The molecule has 0 saturated carbocycles. The predicted molar refractivity (Wildman–Crippen MR) is 92.1 cm³/mol. The second kappa shape index (κ2) is 6.81. The Labute approximate surface area is 137 Å². The third-order valence-electron chi connectivity index (χ3n) is 3.20. The van der Waals surface area contributed by atoms with Crippen LogP contribution in [0.4, 0.5) is 0 Å². The number of halogens is 1. The summed E-state index contributed by atoms with van der Waals surface area (Å²) in [5.41, 5.74) is 2.90. The molecule has 2 aromatic carbocycles. The van der Waals surface area contributed by atoms with E-state index in [9.17, 15) is 0 Å². The highest BCUT2D eigenvalue weighted by molar-refractivity contribution is 7.98. The molecule has 1 N–H and O–H groups in total. The predicted octanol–water partition coefficient (Wildman–Crippen LogP) is 4.99. The van der Waals surface area contributed by atoms with Crippen molar-refractivity contribution in [2.45, 2.75) is 10.8 Å². The molecule has 1 heterocycles. The first kappa shape index (κ1) is 14.9. The molecule has 0 saturated heterocycles. The second-order valence-electron chi connectivity index (χ2n) is 4.74. The molecule has 0 atom stereocenters. The SMILES string of the molecule is O/N=C\c1cc2ccccc2nc1SCc1ccc(Cl)cc1. The lowest BCUT2D eigenvalue weighted by Gasteiger charge is -2.07. The molecule has 22 heavy (non-hydrogen) atoms. The van der Waals surface area contributed by atoms with E-state index in [2.05, 4.69) is 10.1 Å². The molecular weight excluding hydrogens is 316 g/mol. The molecule has 0 aliphatic heterocycles. The molecule has 0 aliphatic rings. The molecule has 0 fully saturated rings. The third kappa shape index (κ3) is 3.40. The molecule has 110 valence electrons. The van der Waals surface area contributed by atoms with E-state index in [1.807, 2.05) is 54.6 Å². The fourth-order valence-electron chi connectivity index (χ4n) is 2.12. The van der Waals surface area contributed by atoms with E-state index in [1.165, 1.54) is 6.21 Å². The van der Waals surface area contributed by atoms with Gasteiger partial charge in [0.1, 0.15) is 5.03 Å². The molecule has 0 aliphatic carbocycles. The van der Waals surface area contributed by atoms with Crippen molar-refractivity contribution in [2.24, 2.45) is 5.16 Å². The molecule has 0 amide bonds. The van der Waals surface area contributed by atoms with Crippen LogP contribution >= 0.6 is 23.4 Å². The van der Waals surface area contributed by atoms with Crippen molar-refractivity contribution in [3.63, 3.8) is 0 Å². The summed E-state index contributed by atoms with van der Waals surface area (Å²) in [5, 5.41) is 14.6. The minimum atomic E-state index is 0.727. The molecule has 3 rings (SSSR count). The first-order valence-electron chi connectivity index (χ1n) is 6.71. The Hall–Kier alpha value is -2.04. The van der Waals surface area contributed by atoms with Crippen molar-refractivity contribution in [3.05, 3.63) is 70.7 Å². The van der Waals surface area contributed by atoms with Gasteiger partial charge in [0.25, 0.3) is 0 Å². The molecule has 3 nitrogen and oxygen atoms in total. The number of oxime groups is 1. The number of hydrogen-bond donors (Lipinski definition) is 1. The van der Waals surface area contributed by atoms with Gasteiger partial charge < -0.3 is 5.21 Å². The first-order chi connectivity index (χ1) is 10.8. The van der Waals surface area contributed by atoms with Crippen molar-refractivity contribution in [1.82, 2.24) is 4.98 Å². The number of thioether (sulfide) groups is 1. The fraction of sp³-hybridized carbons (Fsp3) is 0.0588. The summed E-state index contributed by atoms with van der Waals surface area (Å²) in [7, 11) is 0. The monoisotopic (exact) mass is 328 g/mol. The molecule has 1 aromatic heterocycles. The molecule has 5 heteroatoms. The average Bonchev–Trinajstić information content (AvgIpc) is 2.54. The number of fused-ring (bicyclic) bond motifs is 1. The minimum Gasteiger partial charge on any atom is -0.411 e. The minimum absolute atomic E-state index is 0.727. The Morgan fingerprint density at radius 1 is 1.14 bits per heavy atom. The number of hydrogen-bond acceptors (Lipinski definition) is 4. The van der Waals surface area contributed by atoms with Gasteiger partial charge in [0.15, 0.2) is 0 Å². The lowest BCUT2D eigenvalue weighted by Crippen LogP contribution is -1.93. The van der Waals surface area contributed by atoms with Crippen LogP contribution in [0.15, 0.2) is 64.8 Å². The van der Waals surface area contributed by atoms with Crippen LogP contribution in [0, 0.1) is 0 Å². The van der Waals surface area contributed by atoms with Crippen LogP contribution < -0.4 is 0 Å². The number of para-hydroxylation sites is 1. The number of nitrogens with zero attached hydrogens (tertiary/aromatic N) is 2. The Bertz CT molecular complexity index is 819. The average molecular weight is 329 g/mol. The van der Waals surface area contributed by atoms with Gasteiger partial charge >= 0.3 is 0 Å². The van der Waals surface area contributed by atoms with E-state index in [-0.39, 0.29) is 0 Å². The number of aromatic nitrogens is 1. The first-order valence-corrected chi connectivity index (χ1v) is 8.07. The number of pyridine rings is 1. The Morgan fingerprint density at radius 3 is 2.68 bits per heavy atom. The number of rotatable bonds is 4. The largest absolute Gasteiger partial charge is 0.411 e. The highest BCUT2D eigenvalue weighted by Gasteiger charge is 2.07. The molecule has 0 radical (unpaired) electrons. The summed E-state index contributed by atoms with van der Waals surface area (Å²) < 4.78 is 0. The highest BCUT2D eigenvalue weighted by Crippen LogP contribution is 2.27. The van der Waals surface area contributed by atoms with Gasteiger partial charge in [0.2, 0.25) is 0 Å². The van der Waals surface area contributed by atoms with Gasteiger partial charge in [-0.05, 0) is 29.8 Å². The van der Waals surface area contributed by atoms with E-state index in [0.29, 0.717) is 0 Å². The maximum Gasteiger partial charge on any atom is 0.106 e. The van der Waals surface area contributed by atoms with Crippen LogP contribution in [0.25, 0.3) is 10.9 Å². The van der Waals surface area contributed by atoms with Gasteiger partial charge in [0, 0.05) is 21.7 Å². The van der Waals surface area contributed by atoms with Crippen molar-refractivity contribution >= 4 is 40.5 Å². The van der Waals surface area contributed by atoms with Gasteiger partial charge in [-0.3, -0.25) is 0 Å². The van der Waals surface area contributed by atoms with E-state index in [0.717, 1.165) is 37.8 Å². The van der Waals surface area contributed by atoms with Crippen LogP contribution in [0.3, 0.4) is 0 Å². The summed E-state index contributed by atoms with van der Waals surface area (Å²) >= 11 is 7.50. The van der Waals surface area contributed by atoms with Crippen LogP contribution in [0.5, 0.6) is 0 Å². The fourth-order valence-corrected chi connectivity index (χ4v) is 3.18. The third-order valence-corrected chi connectivity index (χ3v) is 4.53. The van der Waals surface area contributed by atoms with Crippen LogP contribution in [0.1, 0.15) is 11.1 Å². The molecular formula is C17H13ClN2OS. The van der Waals surface area contributed by atoms with Gasteiger partial charge in [-0.25, -0.2) is 4.98 Å². The smallest absolute Gasteiger partial charge is 0.106 e. The second-order valence-corrected chi connectivity index (χ2v) is 6.14. The Morgan fingerprint density at radius 2 is 1.91 bits per heavy atom. The van der Waals surface area contributed by atoms with Gasteiger partial charge in [-0.15, -0.1) is 11.8 Å². The summed E-state index contributed by atoms with van der Waals surface area (Å²) in [5.74, 6) is 0.773. The normalized spacial score (nSPS) is 11.3. The Kier molecular flexibility index (Phi) is 4.61. The zero-order valence-corrected chi connectivity index (χ0v) is 13.2. The summed E-state index contributed by atoms with van der Waals surface area (Å²) in [4.78, 5) is 4.66. The zero-order chi connectivity index (χ0) is 15.4. The van der Waals surface area contributed by atoms with E-state index >= 15 is 0 Å². The van der Waals surface area contributed by atoms with Crippen LogP contribution in [-0.2, 0) is 5.75 Å². The van der Waals surface area contributed by atoms with Crippen molar-refractivity contribution in [1.29, 1.82) is 0 Å². The van der Waals surface area contributed by atoms with Crippen molar-refractivity contribution < 1.29 is 5.21 Å². The van der Waals surface area contributed by atoms with E-state index in [4.69, 9.17) is 16.8 Å². The molecule has 3 aromatic rings. The number of benzene rings is 2. The maximum atomic E-state index is 8.85. The maximum absolute atomic E-state index is 8.85. The Balaban J connectivity index is 1.90. The lowest BCUT2D eigenvalue weighted by molar-refractivity contribution is 0.321. The molecule has 0 unspecified atom stereocenters. The highest BCUT2D eigenvalue weighted by atomic mass is 35.5. The summed E-state index contributed by atoms with van der Waals surface area (Å²) in [6.07, 6.45) is 1.42. The molecule has 0 bridgehead atoms. The van der Waals surface area contributed by atoms with Crippen molar-refractivity contribution in [3.8, 4) is 0 Å². The van der Waals surface area contributed by atoms with Gasteiger partial charge in [-0.1, -0.05) is 47.1 Å². The standard InChI is InChI=1S/C17H13ClN2OS/c18-15-7-5-12(6-8-15)11-22-17-14(10-19-21)9-13-3-1-2-4-16(13)20-17/h1-10,21H,11H2/b19-10-. The van der Waals surface area contributed by atoms with Crippen LogP contribution in [0.2, 0.25) is 5.02 Å². The van der Waals surface area contributed by atoms with Crippen LogP contribution in [-0.4, -0.2) is 16.4 Å². The topological polar surface area (TPSA) is 45.5 Å². The van der Waals surface area contributed by atoms with Crippen molar-refractivity contribution in [2.75, 3.05) is 0 Å². The van der Waals surface area contributed by atoms with E-state index < -0.39 is 0 Å². The van der Waals surface area contributed by atoms with Gasteiger partial charge in [0.05, 0.1) is 11.7 Å². The van der Waals surface area contributed by atoms with E-state index in [1.54, 1.807) is 11.8 Å². The lowest BCUT2D eigenvalue weighted by atomic mass is 10.2. The quantitative estimate of drug-likeness (QED) is 0.317. The summed E-state index contributed by atoms with van der Waals surface area (Å²) in [6.45, 7) is 0. The molecule has 0 spiro atoms. The summed E-state index contributed by atoms with van der Waals surface area (Å²) in [6, 6.07) is 17.6. The zero-order valence-electron chi connectivity index (χ0n) is 11.6. The van der Waals surface area contributed by atoms with Gasteiger partial charge in [-0.2, -0.15) is 0 Å².